The summed E-state index contributed by atoms with van der Waals surface area (Å²) in [5.41, 5.74) is 0. The predicted molar refractivity (Wildman–Crippen MR) is 82.4 cm³/mol. The minimum atomic E-state index is -0.111. The number of nitrogens with zero attached hydrogens (tertiary/aromatic N) is 1. The van der Waals surface area contributed by atoms with Crippen molar-refractivity contribution in [3.05, 3.63) is 0 Å². The number of nitrogens with one attached hydrogen (secondary N) is 2. The van der Waals surface area contributed by atoms with E-state index in [1.165, 1.54) is 6.42 Å². The third-order valence-corrected chi connectivity index (χ3v) is 3.37. The van der Waals surface area contributed by atoms with E-state index in [2.05, 4.69) is 43.2 Å². The monoisotopic (exact) mass is 271 g/mol. The lowest BCUT2D eigenvalue weighted by Gasteiger charge is -2.22. The van der Waals surface area contributed by atoms with Crippen LogP contribution in [0.2, 0.25) is 0 Å². The van der Waals surface area contributed by atoms with E-state index < -0.39 is 0 Å². The highest BCUT2D eigenvalue weighted by Crippen LogP contribution is 1.96. The molecule has 4 nitrogen and oxygen atoms in total. The van der Waals surface area contributed by atoms with Crippen LogP contribution < -0.4 is 10.6 Å². The Hall–Kier alpha value is -0.610. The van der Waals surface area contributed by atoms with Gasteiger partial charge in [0.25, 0.3) is 0 Å². The van der Waals surface area contributed by atoms with Crippen LogP contribution in [0.25, 0.3) is 0 Å². The molecule has 0 saturated carbocycles. The van der Waals surface area contributed by atoms with Gasteiger partial charge >= 0.3 is 0 Å². The zero-order chi connectivity index (χ0) is 14.7. The highest BCUT2D eigenvalue weighted by Gasteiger charge is 2.14. The highest BCUT2D eigenvalue weighted by molar-refractivity contribution is 5.81. The van der Waals surface area contributed by atoms with Gasteiger partial charge < -0.3 is 15.5 Å². The van der Waals surface area contributed by atoms with Gasteiger partial charge in [-0.05, 0) is 39.8 Å². The van der Waals surface area contributed by atoms with Gasteiger partial charge in [0.15, 0.2) is 0 Å². The minimum Gasteiger partial charge on any atom is -0.352 e. The van der Waals surface area contributed by atoms with E-state index >= 15 is 0 Å². The van der Waals surface area contributed by atoms with Crippen molar-refractivity contribution >= 4 is 5.91 Å². The van der Waals surface area contributed by atoms with E-state index in [0.717, 1.165) is 39.0 Å². The zero-order valence-corrected chi connectivity index (χ0v) is 13.5. The van der Waals surface area contributed by atoms with Crippen LogP contribution in [0.3, 0.4) is 0 Å². The molecule has 0 aromatic heterocycles. The molecule has 4 heteroatoms. The minimum absolute atomic E-state index is 0.111. The van der Waals surface area contributed by atoms with Crippen molar-refractivity contribution in [2.24, 2.45) is 0 Å². The molecule has 0 aromatic carbocycles. The molecule has 0 aliphatic rings. The van der Waals surface area contributed by atoms with Gasteiger partial charge in [0, 0.05) is 19.1 Å². The summed E-state index contributed by atoms with van der Waals surface area (Å²) < 4.78 is 0. The number of carbonyl (C=O) groups is 1. The smallest absolute Gasteiger partial charge is 0.237 e. The Morgan fingerprint density at radius 1 is 1.11 bits per heavy atom. The third kappa shape index (κ3) is 9.00. The van der Waals surface area contributed by atoms with Gasteiger partial charge in [-0.1, -0.05) is 27.2 Å². The lowest BCUT2D eigenvalue weighted by atomic mass is 10.2. The Kier molecular flexibility index (Phi) is 10.9. The van der Waals surface area contributed by atoms with Crippen LogP contribution in [0.4, 0.5) is 0 Å². The number of rotatable bonds is 11. The van der Waals surface area contributed by atoms with Crippen LogP contribution in [0.5, 0.6) is 0 Å². The van der Waals surface area contributed by atoms with Gasteiger partial charge in [-0.15, -0.1) is 0 Å². The second kappa shape index (κ2) is 11.2. The van der Waals surface area contributed by atoms with E-state index in [1.54, 1.807) is 0 Å². The lowest BCUT2D eigenvalue weighted by Crippen LogP contribution is -2.47. The quantitative estimate of drug-likeness (QED) is 0.604. The second-order valence-electron chi connectivity index (χ2n) is 5.31. The average molecular weight is 271 g/mol. The molecular formula is C15H33N3O. The van der Waals surface area contributed by atoms with E-state index in [-0.39, 0.29) is 18.0 Å². The summed E-state index contributed by atoms with van der Waals surface area (Å²) in [7, 11) is 0. The number of hydrogen-bond acceptors (Lipinski definition) is 3. The molecule has 114 valence electrons. The summed E-state index contributed by atoms with van der Waals surface area (Å²) in [6, 6.07) is 0.161. The van der Waals surface area contributed by atoms with Gasteiger partial charge in [0.1, 0.15) is 0 Å². The zero-order valence-electron chi connectivity index (χ0n) is 13.5. The Balaban J connectivity index is 3.83. The van der Waals surface area contributed by atoms with Crippen molar-refractivity contribution in [2.75, 3.05) is 26.2 Å². The fraction of sp³-hybridized carbons (Fsp3) is 0.933. The van der Waals surface area contributed by atoms with Crippen molar-refractivity contribution < 1.29 is 4.79 Å². The number of likely N-dealkylation sites (N-methyl/N-ethyl adjacent to an activating group) is 1. The first-order valence-corrected chi connectivity index (χ1v) is 7.81. The first-order valence-electron chi connectivity index (χ1n) is 7.81. The summed E-state index contributed by atoms with van der Waals surface area (Å²) >= 11 is 0. The molecule has 0 fully saturated rings. The van der Waals surface area contributed by atoms with Gasteiger partial charge in [-0.2, -0.15) is 0 Å². The Bertz CT molecular complexity index is 233. The molecule has 0 aliphatic carbocycles. The normalized spacial score (nSPS) is 14.4. The molecule has 1 amide bonds. The van der Waals surface area contributed by atoms with Crippen molar-refractivity contribution in [1.29, 1.82) is 0 Å². The first-order chi connectivity index (χ1) is 9.04. The Morgan fingerprint density at radius 2 is 1.79 bits per heavy atom. The summed E-state index contributed by atoms with van der Waals surface area (Å²) in [5.74, 6) is 0.111. The third-order valence-electron chi connectivity index (χ3n) is 3.37. The van der Waals surface area contributed by atoms with Crippen molar-refractivity contribution in [3.63, 3.8) is 0 Å². The average Bonchev–Trinajstić information content (AvgIpc) is 2.37. The van der Waals surface area contributed by atoms with Gasteiger partial charge in [-0.3, -0.25) is 4.79 Å². The van der Waals surface area contributed by atoms with Crippen molar-refractivity contribution in [1.82, 2.24) is 15.5 Å². The number of carbonyl (C=O) groups excluding carboxylic acids is 1. The summed E-state index contributed by atoms with van der Waals surface area (Å²) in [6.45, 7) is 14.6. The number of amides is 1. The molecular weight excluding hydrogens is 238 g/mol. The van der Waals surface area contributed by atoms with Gasteiger partial charge in [0.05, 0.1) is 6.04 Å². The van der Waals surface area contributed by atoms with Gasteiger partial charge in [-0.25, -0.2) is 0 Å². The topological polar surface area (TPSA) is 44.4 Å². The molecule has 0 bridgehead atoms. The van der Waals surface area contributed by atoms with Crippen LogP contribution in [0, 0.1) is 0 Å². The first kappa shape index (κ1) is 18.4. The van der Waals surface area contributed by atoms with E-state index in [0.29, 0.717) is 0 Å². The molecule has 2 atom stereocenters. The molecule has 0 saturated heterocycles. The molecule has 0 heterocycles. The maximum atomic E-state index is 11.9. The maximum Gasteiger partial charge on any atom is 0.237 e. The Labute approximate surface area is 119 Å². The lowest BCUT2D eigenvalue weighted by molar-refractivity contribution is -0.123. The van der Waals surface area contributed by atoms with E-state index in [9.17, 15) is 4.79 Å². The SMILES string of the molecule is CCCC(C)NC(=O)C(C)NCCN(CC)CCC. The molecule has 2 unspecified atom stereocenters. The summed E-state index contributed by atoms with van der Waals surface area (Å²) in [5, 5.41) is 6.34. The fourth-order valence-corrected chi connectivity index (χ4v) is 2.15. The summed E-state index contributed by atoms with van der Waals surface area (Å²) in [4.78, 5) is 14.3. The van der Waals surface area contributed by atoms with Crippen LogP contribution in [-0.2, 0) is 4.79 Å². The molecule has 2 N–H and O–H groups in total. The van der Waals surface area contributed by atoms with Crippen molar-refractivity contribution in [2.45, 2.75) is 66.0 Å². The number of hydrogen-bond donors (Lipinski definition) is 2. The molecule has 0 radical (unpaired) electrons. The standard InChI is InChI=1S/C15H33N3O/c1-6-9-13(4)17-15(19)14(5)16-10-12-18(8-3)11-7-2/h13-14,16H,6-12H2,1-5H3,(H,17,19). The largest absolute Gasteiger partial charge is 0.352 e. The molecule has 0 aromatic rings. The molecule has 0 aliphatic heterocycles. The van der Waals surface area contributed by atoms with E-state index in [4.69, 9.17) is 0 Å². The van der Waals surface area contributed by atoms with Crippen LogP contribution in [0.1, 0.15) is 53.9 Å². The Morgan fingerprint density at radius 3 is 2.32 bits per heavy atom. The molecule has 0 rings (SSSR count). The predicted octanol–water partition coefficient (Wildman–Crippen LogP) is 2.00. The summed E-state index contributed by atoms with van der Waals surface area (Å²) in [6.07, 6.45) is 3.32. The molecule has 19 heavy (non-hydrogen) atoms. The highest BCUT2D eigenvalue weighted by atomic mass is 16.2. The van der Waals surface area contributed by atoms with E-state index in [1.807, 2.05) is 6.92 Å². The van der Waals surface area contributed by atoms with Gasteiger partial charge in [0.2, 0.25) is 5.91 Å². The second-order valence-corrected chi connectivity index (χ2v) is 5.31. The maximum absolute atomic E-state index is 11.9. The van der Waals surface area contributed by atoms with Crippen LogP contribution >= 0.6 is 0 Å². The van der Waals surface area contributed by atoms with Crippen LogP contribution in [0.15, 0.2) is 0 Å². The van der Waals surface area contributed by atoms with Crippen LogP contribution in [-0.4, -0.2) is 49.1 Å². The van der Waals surface area contributed by atoms with Crippen molar-refractivity contribution in [3.8, 4) is 0 Å². The fourth-order valence-electron chi connectivity index (χ4n) is 2.15. The molecule has 0 spiro atoms.